The fourth-order valence-electron chi connectivity index (χ4n) is 2.06. The predicted octanol–water partition coefficient (Wildman–Crippen LogP) is 3.87. The van der Waals surface area contributed by atoms with Gasteiger partial charge in [-0.05, 0) is 53.5 Å². The molecule has 0 saturated carbocycles. The first kappa shape index (κ1) is 12.4. The highest BCUT2D eigenvalue weighted by atomic mass is 79.9. The van der Waals surface area contributed by atoms with E-state index in [0.29, 0.717) is 5.89 Å². The third-order valence-electron chi connectivity index (χ3n) is 3.04. The number of fused-ring (bicyclic) bond motifs is 1. The first-order valence-corrected chi connectivity index (χ1v) is 7.02. The monoisotopic (exact) mass is 317 g/mol. The molecule has 0 bridgehead atoms. The summed E-state index contributed by atoms with van der Waals surface area (Å²) in [4.78, 5) is 4.56. The second kappa shape index (κ2) is 4.78. The second-order valence-corrected chi connectivity index (χ2v) is 5.48. The third-order valence-corrected chi connectivity index (χ3v) is 3.48. The highest BCUT2D eigenvalue weighted by molar-refractivity contribution is 9.10. The molecule has 0 aliphatic heterocycles. The van der Waals surface area contributed by atoms with Gasteiger partial charge in [-0.15, -0.1) is 0 Å². The molecule has 4 heteroatoms. The van der Waals surface area contributed by atoms with Crippen molar-refractivity contribution in [2.24, 2.45) is 0 Å². The number of oxazole rings is 1. The number of aromatic nitrogens is 2. The Labute approximate surface area is 120 Å². The Hall–Kier alpha value is -1.68. The van der Waals surface area contributed by atoms with Crippen molar-refractivity contribution in [1.29, 1.82) is 0 Å². The van der Waals surface area contributed by atoms with Gasteiger partial charge in [-0.3, -0.25) is 0 Å². The van der Waals surface area contributed by atoms with Gasteiger partial charge in [0.15, 0.2) is 18.0 Å². The largest absolute Gasteiger partial charge is 0.436 e. The topological polar surface area (TPSA) is 29.9 Å². The molecule has 0 spiro atoms. The number of hydrogen-bond acceptors (Lipinski definition) is 2. The summed E-state index contributed by atoms with van der Waals surface area (Å²) in [6, 6.07) is 8.05. The van der Waals surface area contributed by atoms with Gasteiger partial charge in [-0.25, -0.2) is 9.55 Å². The SMILES string of the molecule is CC[n+]1cc(Br)cc(-c2nc3cc(C)ccc3o2)c1. The number of halogens is 1. The molecule has 3 rings (SSSR count). The molecule has 3 aromatic rings. The number of hydrogen-bond donors (Lipinski definition) is 0. The van der Waals surface area contributed by atoms with E-state index in [1.54, 1.807) is 0 Å². The lowest BCUT2D eigenvalue weighted by molar-refractivity contribution is -0.693. The molecule has 19 heavy (non-hydrogen) atoms. The van der Waals surface area contributed by atoms with Crippen LogP contribution in [0.1, 0.15) is 12.5 Å². The molecule has 0 atom stereocenters. The minimum absolute atomic E-state index is 0.657. The van der Waals surface area contributed by atoms with E-state index in [0.717, 1.165) is 27.7 Å². The number of pyridine rings is 1. The van der Waals surface area contributed by atoms with Crippen LogP contribution in [-0.2, 0) is 6.54 Å². The quantitative estimate of drug-likeness (QED) is 0.671. The van der Waals surface area contributed by atoms with Crippen LogP contribution in [0.3, 0.4) is 0 Å². The average molecular weight is 318 g/mol. The standard InChI is InChI=1S/C15H14BrN2O/c1-3-18-8-11(7-12(16)9-18)15-17-13-6-10(2)4-5-14(13)19-15/h4-9H,3H2,1-2H3/q+1. The van der Waals surface area contributed by atoms with Crippen molar-refractivity contribution >= 4 is 27.0 Å². The zero-order valence-electron chi connectivity index (χ0n) is 10.9. The molecule has 0 aliphatic rings. The first-order chi connectivity index (χ1) is 9.15. The Morgan fingerprint density at radius 1 is 1.26 bits per heavy atom. The maximum atomic E-state index is 5.82. The fraction of sp³-hybridized carbons (Fsp3) is 0.200. The van der Waals surface area contributed by atoms with Gasteiger partial charge < -0.3 is 4.42 Å². The molecule has 1 aromatic carbocycles. The highest BCUT2D eigenvalue weighted by Gasteiger charge is 2.13. The molecule has 0 aliphatic carbocycles. The summed E-state index contributed by atoms with van der Waals surface area (Å²) in [6.07, 6.45) is 4.08. The van der Waals surface area contributed by atoms with Crippen LogP contribution in [-0.4, -0.2) is 4.98 Å². The average Bonchev–Trinajstić information content (AvgIpc) is 2.80. The number of rotatable bonds is 2. The van der Waals surface area contributed by atoms with E-state index in [9.17, 15) is 0 Å². The Bertz CT molecular complexity index is 749. The molecule has 0 saturated heterocycles. The number of aryl methyl sites for hydroxylation is 2. The summed E-state index contributed by atoms with van der Waals surface area (Å²) >= 11 is 3.52. The van der Waals surface area contributed by atoms with Gasteiger partial charge in [-0.1, -0.05) is 6.07 Å². The fourth-order valence-corrected chi connectivity index (χ4v) is 2.57. The summed E-state index contributed by atoms with van der Waals surface area (Å²) < 4.78 is 8.93. The minimum Gasteiger partial charge on any atom is -0.436 e. The van der Waals surface area contributed by atoms with Crippen molar-refractivity contribution in [2.45, 2.75) is 20.4 Å². The molecular weight excluding hydrogens is 304 g/mol. The Kier molecular flexibility index (Phi) is 3.11. The van der Waals surface area contributed by atoms with Gasteiger partial charge in [0, 0.05) is 0 Å². The van der Waals surface area contributed by atoms with E-state index in [1.807, 2.05) is 36.7 Å². The Morgan fingerprint density at radius 3 is 2.89 bits per heavy atom. The zero-order chi connectivity index (χ0) is 13.4. The van der Waals surface area contributed by atoms with Gasteiger partial charge in [0.1, 0.15) is 17.6 Å². The van der Waals surface area contributed by atoms with Gasteiger partial charge in [-0.2, -0.15) is 0 Å². The van der Waals surface area contributed by atoms with E-state index in [1.165, 1.54) is 5.56 Å². The van der Waals surface area contributed by atoms with Crippen LogP contribution in [0.4, 0.5) is 0 Å². The molecule has 0 unspecified atom stereocenters. The van der Waals surface area contributed by atoms with Crippen molar-refractivity contribution in [2.75, 3.05) is 0 Å². The molecule has 96 valence electrons. The Morgan fingerprint density at radius 2 is 2.11 bits per heavy atom. The van der Waals surface area contributed by atoms with E-state index < -0.39 is 0 Å². The molecule has 2 aromatic heterocycles. The van der Waals surface area contributed by atoms with Crippen molar-refractivity contribution in [3.05, 3.63) is 46.7 Å². The predicted molar refractivity (Wildman–Crippen MR) is 77.8 cm³/mol. The summed E-state index contributed by atoms with van der Waals surface area (Å²) in [6.45, 7) is 5.06. The number of benzene rings is 1. The maximum absolute atomic E-state index is 5.82. The third kappa shape index (κ3) is 2.40. The minimum atomic E-state index is 0.657. The van der Waals surface area contributed by atoms with E-state index in [2.05, 4.69) is 39.3 Å². The van der Waals surface area contributed by atoms with Crippen LogP contribution < -0.4 is 4.57 Å². The molecule has 3 nitrogen and oxygen atoms in total. The Balaban J connectivity index is 2.15. The lowest BCUT2D eigenvalue weighted by atomic mass is 10.2. The van der Waals surface area contributed by atoms with E-state index >= 15 is 0 Å². The molecule has 0 fully saturated rings. The van der Waals surface area contributed by atoms with Gasteiger partial charge in [0.2, 0.25) is 5.89 Å². The van der Waals surface area contributed by atoms with Crippen LogP contribution >= 0.6 is 15.9 Å². The molecule has 0 radical (unpaired) electrons. The zero-order valence-corrected chi connectivity index (χ0v) is 12.4. The summed E-state index contributed by atoms with van der Waals surface area (Å²) in [7, 11) is 0. The van der Waals surface area contributed by atoms with Crippen LogP contribution in [0.5, 0.6) is 0 Å². The van der Waals surface area contributed by atoms with Crippen molar-refractivity contribution in [1.82, 2.24) is 4.98 Å². The summed E-state index contributed by atoms with van der Waals surface area (Å²) in [5.74, 6) is 0.657. The van der Waals surface area contributed by atoms with Crippen LogP contribution in [0.15, 0.2) is 45.5 Å². The lowest BCUT2D eigenvalue weighted by Gasteiger charge is -1.96. The normalized spacial score (nSPS) is 11.1. The first-order valence-electron chi connectivity index (χ1n) is 6.23. The van der Waals surface area contributed by atoms with Gasteiger partial charge >= 0.3 is 0 Å². The van der Waals surface area contributed by atoms with Crippen LogP contribution in [0.25, 0.3) is 22.6 Å². The molecule has 0 N–H and O–H groups in total. The van der Waals surface area contributed by atoms with Gasteiger partial charge in [0.05, 0.1) is 4.47 Å². The number of nitrogens with zero attached hydrogens (tertiary/aromatic N) is 2. The van der Waals surface area contributed by atoms with Crippen LogP contribution in [0, 0.1) is 6.92 Å². The maximum Gasteiger partial charge on any atom is 0.233 e. The molecular formula is C15H14BrN2O+. The lowest BCUT2D eigenvalue weighted by Crippen LogP contribution is -2.31. The van der Waals surface area contributed by atoms with Gasteiger partial charge in [0.25, 0.3) is 0 Å². The van der Waals surface area contributed by atoms with Crippen molar-refractivity contribution in [3.8, 4) is 11.5 Å². The van der Waals surface area contributed by atoms with E-state index in [4.69, 9.17) is 4.42 Å². The van der Waals surface area contributed by atoms with Crippen LogP contribution in [0.2, 0.25) is 0 Å². The molecule has 2 heterocycles. The van der Waals surface area contributed by atoms with Crippen molar-refractivity contribution in [3.63, 3.8) is 0 Å². The summed E-state index contributed by atoms with van der Waals surface area (Å²) in [5.41, 5.74) is 3.89. The highest BCUT2D eigenvalue weighted by Crippen LogP contribution is 2.25. The van der Waals surface area contributed by atoms with E-state index in [-0.39, 0.29) is 0 Å². The van der Waals surface area contributed by atoms with Crippen molar-refractivity contribution < 1.29 is 8.98 Å². The summed E-state index contributed by atoms with van der Waals surface area (Å²) in [5, 5.41) is 0. The smallest absolute Gasteiger partial charge is 0.233 e. The second-order valence-electron chi connectivity index (χ2n) is 4.56. The molecule has 0 amide bonds.